The number of rotatable bonds is 9. The number of hydrogen-bond acceptors (Lipinski definition) is 4. The molecule has 2 rings (SSSR count). The Morgan fingerprint density at radius 3 is 2.15 bits per heavy atom. The van der Waals surface area contributed by atoms with E-state index < -0.39 is 0 Å². The summed E-state index contributed by atoms with van der Waals surface area (Å²) in [6.45, 7) is 4.49. The average Bonchev–Trinajstić information content (AvgIpc) is 2.66. The molecule has 1 unspecified atom stereocenters. The van der Waals surface area contributed by atoms with Gasteiger partial charge in [-0.3, -0.25) is 9.59 Å². The van der Waals surface area contributed by atoms with Gasteiger partial charge in [0.2, 0.25) is 0 Å². The van der Waals surface area contributed by atoms with E-state index in [9.17, 15) is 9.59 Å². The van der Waals surface area contributed by atoms with Crippen molar-refractivity contribution >= 4 is 24.1 Å². The lowest BCUT2D eigenvalue weighted by atomic mass is 10.0. The number of ketones is 1. The first-order valence-corrected chi connectivity index (χ1v) is 8.81. The number of carbonyl (C=O) groups excluding carboxylic acids is 2. The van der Waals surface area contributed by atoms with Crippen LogP contribution in [0.2, 0.25) is 0 Å². The third-order valence-electron chi connectivity index (χ3n) is 3.93. The van der Waals surface area contributed by atoms with E-state index in [0.29, 0.717) is 29.3 Å². The van der Waals surface area contributed by atoms with Gasteiger partial charge in [-0.25, -0.2) is 0 Å². The van der Waals surface area contributed by atoms with Crippen LogP contribution in [0.15, 0.2) is 54.6 Å². The number of ether oxygens (including phenoxy) is 1. The maximum atomic E-state index is 12.3. The fourth-order valence-corrected chi connectivity index (χ4v) is 2.66. The molecule has 0 aliphatic heterocycles. The summed E-state index contributed by atoms with van der Waals surface area (Å²) >= 11 is 0. The predicted octanol–water partition coefficient (Wildman–Crippen LogP) is 3.21. The molecule has 0 heterocycles. The largest absolute Gasteiger partial charge is 0.484 e. The van der Waals surface area contributed by atoms with Crippen LogP contribution in [0.3, 0.4) is 0 Å². The molecule has 1 atom stereocenters. The number of nitrogens with one attached hydrogen (secondary N) is 1. The summed E-state index contributed by atoms with van der Waals surface area (Å²) in [6.07, 6.45) is 0.832. The summed E-state index contributed by atoms with van der Waals surface area (Å²) in [5, 5.41) is 2.88. The van der Waals surface area contributed by atoms with Gasteiger partial charge >= 0.3 is 0 Å². The minimum Gasteiger partial charge on any atom is -0.484 e. The van der Waals surface area contributed by atoms with Crippen molar-refractivity contribution in [2.24, 2.45) is 11.7 Å². The van der Waals surface area contributed by atoms with Gasteiger partial charge in [-0.15, -0.1) is 12.4 Å². The summed E-state index contributed by atoms with van der Waals surface area (Å²) in [7, 11) is 0. The van der Waals surface area contributed by atoms with Gasteiger partial charge in [0.05, 0.1) is 0 Å². The molecule has 146 valence electrons. The van der Waals surface area contributed by atoms with E-state index in [0.717, 1.165) is 6.42 Å². The van der Waals surface area contributed by atoms with Crippen LogP contribution < -0.4 is 15.8 Å². The van der Waals surface area contributed by atoms with Crippen LogP contribution in [-0.4, -0.2) is 30.9 Å². The first kappa shape index (κ1) is 22.7. The van der Waals surface area contributed by atoms with Crippen molar-refractivity contribution in [3.8, 4) is 5.75 Å². The lowest BCUT2D eigenvalue weighted by molar-refractivity contribution is -0.123. The molecule has 0 saturated heterocycles. The second-order valence-corrected chi connectivity index (χ2v) is 6.64. The van der Waals surface area contributed by atoms with Gasteiger partial charge in [0.15, 0.2) is 12.4 Å². The number of amides is 1. The molecule has 0 bridgehead atoms. The van der Waals surface area contributed by atoms with E-state index in [1.807, 2.05) is 18.2 Å². The Balaban J connectivity index is 0.00000364. The maximum absolute atomic E-state index is 12.3. The van der Waals surface area contributed by atoms with Gasteiger partial charge in [-0.1, -0.05) is 44.2 Å². The Bertz CT molecular complexity index is 718. The molecule has 0 aliphatic rings. The molecule has 3 N–H and O–H groups in total. The predicted molar refractivity (Wildman–Crippen MR) is 109 cm³/mol. The fourth-order valence-electron chi connectivity index (χ4n) is 2.66. The first-order valence-electron chi connectivity index (χ1n) is 8.81. The lowest BCUT2D eigenvalue weighted by Gasteiger charge is -2.18. The molecule has 0 fully saturated rings. The molecular weight excluding hydrogens is 364 g/mol. The summed E-state index contributed by atoms with van der Waals surface area (Å²) in [4.78, 5) is 24.3. The van der Waals surface area contributed by atoms with Crippen LogP contribution in [0.5, 0.6) is 5.75 Å². The molecule has 0 spiro atoms. The minimum atomic E-state index is -0.203. The average molecular weight is 391 g/mol. The SMILES string of the molecule is CC(C)CC(CN)NC(=O)COc1ccc(C(=O)c2ccccc2)cc1.Cl. The monoisotopic (exact) mass is 390 g/mol. The third kappa shape index (κ3) is 7.41. The standard InChI is InChI=1S/C21H26N2O3.ClH/c1-15(2)12-18(13-22)23-20(24)14-26-19-10-8-17(9-11-19)21(25)16-6-4-3-5-7-16;/h3-11,15,18H,12-14,22H2,1-2H3,(H,23,24);1H. The van der Waals surface area contributed by atoms with Crippen LogP contribution in [0.1, 0.15) is 36.2 Å². The zero-order valence-electron chi connectivity index (χ0n) is 15.7. The van der Waals surface area contributed by atoms with Crippen molar-refractivity contribution in [1.82, 2.24) is 5.32 Å². The van der Waals surface area contributed by atoms with E-state index >= 15 is 0 Å². The highest BCUT2D eigenvalue weighted by molar-refractivity contribution is 6.08. The van der Waals surface area contributed by atoms with Crippen molar-refractivity contribution < 1.29 is 14.3 Å². The van der Waals surface area contributed by atoms with Gasteiger partial charge < -0.3 is 15.8 Å². The van der Waals surface area contributed by atoms with E-state index in [1.54, 1.807) is 36.4 Å². The fraction of sp³-hybridized carbons (Fsp3) is 0.333. The van der Waals surface area contributed by atoms with Crippen molar-refractivity contribution in [2.45, 2.75) is 26.3 Å². The highest BCUT2D eigenvalue weighted by atomic mass is 35.5. The summed E-state index contributed by atoms with van der Waals surface area (Å²) in [6, 6.07) is 15.8. The zero-order valence-corrected chi connectivity index (χ0v) is 16.5. The Kier molecular flexibility index (Phi) is 9.54. The van der Waals surface area contributed by atoms with E-state index in [4.69, 9.17) is 10.5 Å². The normalized spacial score (nSPS) is 11.4. The molecule has 0 saturated carbocycles. The summed E-state index contributed by atoms with van der Waals surface area (Å²) in [5.41, 5.74) is 6.90. The first-order chi connectivity index (χ1) is 12.5. The molecule has 2 aromatic carbocycles. The van der Waals surface area contributed by atoms with Crippen LogP contribution in [-0.2, 0) is 4.79 Å². The highest BCUT2D eigenvalue weighted by Gasteiger charge is 2.13. The van der Waals surface area contributed by atoms with Crippen LogP contribution >= 0.6 is 12.4 Å². The third-order valence-corrected chi connectivity index (χ3v) is 3.93. The summed E-state index contributed by atoms with van der Waals surface area (Å²) < 4.78 is 5.49. The van der Waals surface area contributed by atoms with Crippen molar-refractivity contribution in [2.75, 3.05) is 13.2 Å². The molecule has 6 heteroatoms. The molecule has 0 aromatic heterocycles. The summed E-state index contributed by atoms with van der Waals surface area (Å²) in [5.74, 6) is 0.747. The number of benzene rings is 2. The van der Waals surface area contributed by atoms with Gasteiger partial charge in [-0.2, -0.15) is 0 Å². The molecule has 1 amide bonds. The smallest absolute Gasteiger partial charge is 0.258 e. The quantitative estimate of drug-likeness (QED) is 0.644. The van der Waals surface area contributed by atoms with Crippen LogP contribution in [0.25, 0.3) is 0 Å². The topological polar surface area (TPSA) is 81.4 Å². The van der Waals surface area contributed by atoms with Gasteiger partial charge in [0.1, 0.15) is 5.75 Å². The Morgan fingerprint density at radius 1 is 1.00 bits per heavy atom. The highest BCUT2D eigenvalue weighted by Crippen LogP contribution is 2.15. The molecule has 0 radical (unpaired) electrons. The van der Waals surface area contributed by atoms with Gasteiger partial charge in [-0.05, 0) is 36.6 Å². The number of carbonyl (C=O) groups is 2. The molecule has 5 nitrogen and oxygen atoms in total. The Morgan fingerprint density at radius 2 is 1.59 bits per heavy atom. The van der Waals surface area contributed by atoms with E-state index in [2.05, 4.69) is 19.2 Å². The Labute approximate surface area is 166 Å². The van der Waals surface area contributed by atoms with E-state index in [-0.39, 0.29) is 36.7 Å². The van der Waals surface area contributed by atoms with Crippen molar-refractivity contribution in [3.05, 3.63) is 65.7 Å². The van der Waals surface area contributed by atoms with Crippen LogP contribution in [0.4, 0.5) is 0 Å². The number of nitrogens with two attached hydrogens (primary N) is 1. The molecular formula is C21H27ClN2O3. The second kappa shape index (κ2) is 11.4. The molecule has 27 heavy (non-hydrogen) atoms. The van der Waals surface area contributed by atoms with Gasteiger partial charge in [0.25, 0.3) is 5.91 Å². The van der Waals surface area contributed by atoms with Crippen molar-refractivity contribution in [1.29, 1.82) is 0 Å². The minimum absolute atomic E-state index is 0. The lowest BCUT2D eigenvalue weighted by Crippen LogP contribution is -2.43. The molecule has 2 aromatic rings. The van der Waals surface area contributed by atoms with Crippen LogP contribution in [0, 0.1) is 5.92 Å². The number of hydrogen-bond donors (Lipinski definition) is 2. The zero-order chi connectivity index (χ0) is 18.9. The van der Waals surface area contributed by atoms with Crippen molar-refractivity contribution in [3.63, 3.8) is 0 Å². The second-order valence-electron chi connectivity index (χ2n) is 6.64. The molecule has 0 aliphatic carbocycles. The van der Waals surface area contributed by atoms with Gasteiger partial charge in [0, 0.05) is 23.7 Å². The van der Waals surface area contributed by atoms with E-state index in [1.165, 1.54) is 0 Å². The Hall–Kier alpha value is -2.37. The number of halogens is 1. The maximum Gasteiger partial charge on any atom is 0.258 e.